The van der Waals surface area contributed by atoms with E-state index in [-0.39, 0.29) is 18.0 Å². The van der Waals surface area contributed by atoms with Crippen molar-refractivity contribution in [2.24, 2.45) is 36.3 Å². The van der Waals surface area contributed by atoms with Crippen LogP contribution in [0.5, 0.6) is 5.75 Å². The summed E-state index contributed by atoms with van der Waals surface area (Å²) < 4.78 is 10.6. The first-order valence-corrected chi connectivity index (χ1v) is 16.9. The molecule has 2 saturated heterocycles. The normalized spacial score (nSPS) is 27.0. The van der Waals surface area contributed by atoms with Crippen molar-refractivity contribution in [1.82, 2.24) is 19.0 Å². The number of nitrogens with zero attached hydrogens (tertiary/aromatic N) is 4. The topological polar surface area (TPSA) is 104 Å². The summed E-state index contributed by atoms with van der Waals surface area (Å²) in [4.78, 5) is 21.2. The zero-order chi connectivity index (χ0) is 30.1. The quantitative estimate of drug-likeness (QED) is 0.289. The fourth-order valence-corrected chi connectivity index (χ4v) is 8.59. The van der Waals surface area contributed by atoms with Crippen LogP contribution in [0.4, 0.5) is 0 Å². The van der Waals surface area contributed by atoms with Gasteiger partial charge in [0, 0.05) is 49.2 Å². The second kappa shape index (κ2) is 10.9. The van der Waals surface area contributed by atoms with E-state index in [1.54, 1.807) is 7.11 Å². The number of fused-ring (bicyclic) bond motifs is 5. The Morgan fingerprint density at radius 3 is 2.48 bits per heavy atom. The lowest BCUT2D eigenvalue weighted by molar-refractivity contribution is 0.0261. The molecule has 3 saturated carbocycles. The molecule has 0 unspecified atom stereocenters. The second-order valence-corrected chi connectivity index (χ2v) is 14.3. The highest BCUT2D eigenvalue weighted by Gasteiger charge is 2.41. The first-order valence-electron chi connectivity index (χ1n) is 16.9. The van der Waals surface area contributed by atoms with Crippen LogP contribution in [0, 0.1) is 17.8 Å². The summed E-state index contributed by atoms with van der Waals surface area (Å²) in [6, 6.07) is 13.8. The number of carbonyl (C=O) groups excluding carboxylic acids is 1. The zero-order valence-corrected chi connectivity index (χ0v) is 26.2. The van der Waals surface area contributed by atoms with Gasteiger partial charge in [-0.1, -0.05) is 18.2 Å². The molecule has 0 spiro atoms. The van der Waals surface area contributed by atoms with Crippen LogP contribution < -0.4 is 16.2 Å². The van der Waals surface area contributed by atoms with Gasteiger partial charge in [-0.25, -0.2) is 4.98 Å². The average Bonchev–Trinajstić information content (AvgIpc) is 3.70. The number of nitrogens with two attached hydrogens (primary N) is 2. The Morgan fingerprint density at radius 1 is 0.977 bits per heavy atom. The number of para-hydroxylation sites is 1. The predicted molar refractivity (Wildman–Crippen MR) is 175 cm³/mol. The maximum absolute atomic E-state index is 13.9. The number of aryl methyl sites for hydroxylation is 1. The zero-order valence-electron chi connectivity index (χ0n) is 26.2. The number of benzene rings is 2. The smallest absolute Gasteiger partial charge is 0.254 e. The highest BCUT2D eigenvalue weighted by Crippen LogP contribution is 2.41. The van der Waals surface area contributed by atoms with Crippen LogP contribution in [0.2, 0.25) is 0 Å². The van der Waals surface area contributed by atoms with Gasteiger partial charge in [-0.3, -0.25) is 4.79 Å². The third kappa shape index (κ3) is 4.81. The molecule has 0 radical (unpaired) electrons. The minimum atomic E-state index is 0.0650. The molecule has 8 nitrogen and oxygen atoms in total. The van der Waals surface area contributed by atoms with Gasteiger partial charge in [0.05, 0.1) is 23.8 Å². The molecule has 2 aromatic heterocycles. The number of hydrogen-bond acceptors (Lipinski definition) is 5. The molecule has 232 valence electrons. The molecule has 44 heavy (non-hydrogen) atoms. The Balaban J connectivity index is 1.20. The standard InChI is InChI=1S/C36H46N6O2/c1-40-34-30(15-26(17-32(34)44-2)36(43)41-20-25-10-13-28(41)18-29(25)38)39-35(40)31-16-24-5-3-4-23(14-21-8-11-27(37)12-9-21)33(24)42(31)19-22-6-7-22/h3-5,15-17,21-22,25,27-29H,6-14,18-20,37-38H2,1-2H3/t21?,25-,27?,28-,29+/m1/s1. The van der Waals surface area contributed by atoms with Gasteiger partial charge in [0.15, 0.2) is 5.82 Å². The van der Waals surface area contributed by atoms with Gasteiger partial charge in [-0.2, -0.15) is 0 Å². The third-order valence-corrected chi connectivity index (χ3v) is 11.3. The van der Waals surface area contributed by atoms with Crippen molar-refractivity contribution in [1.29, 1.82) is 0 Å². The Kier molecular flexibility index (Phi) is 6.98. The molecule has 8 heteroatoms. The number of amides is 1. The summed E-state index contributed by atoms with van der Waals surface area (Å²) >= 11 is 0. The van der Waals surface area contributed by atoms with E-state index in [0.717, 1.165) is 74.2 Å². The Morgan fingerprint density at radius 2 is 1.77 bits per heavy atom. The van der Waals surface area contributed by atoms with Crippen LogP contribution in [0.25, 0.3) is 33.5 Å². The molecule has 2 aliphatic heterocycles. The molecule has 4 N–H and O–H groups in total. The summed E-state index contributed by atoms with van der Waals surface area (Å²) in [7, 11) is 3.76. The number of hydrogen-bond donors (Lipinski definition) is 2. The lowest BCUT2D eigenvalue weighted by Gasteiger charge is -2.48. The van der Waals surface area contributed by atoms with Crippen LogP contribution in [-0.4, -0.2) is 56.7 Å². The minimum absolute atomic E-state index is 0.0650. The number of aromatic nitrogens is 3. The molecule has 5 fully saturated rings. The molecule has 1 amide bonds. The van der Waals surface area contributed by atoms with Crippen molar-refractivity contribution >= 4 is 27.8 Å². The van der Waals surface area contributed by atoms with Gasteiger partial charge in [-0.15, -0.1) is 0 Å². The number of imidazole rings is 1. The molecule has 9 rings (SSSR count). The van der Waals surface area contributed by atoms with Gasteiger partial charge in [0.2, 0.25) is 0 Å². The summed E-state index contributed by atoms with van der Waals surface area (Å²) in [5, 5.41) is 1.28. The van der Waals surface area contributed by atoms with Crippen molar-refractivity contribution in [2.75, 3.05) is 13.7 Å². The van der Waals surface area contributed by atoms with E-state index in [9.17, 15) is 4.79 Å². The summed E-state index contributed by atoms with van der Waals surface area (Å²) in [5.41, 5.74) is 18.9. The number of carbonyl (C=O) groups is 1. The molecule has 3 atom stereocenters. The summed E-state index contributed by atoms with van der Waals surface area (Å²) in [5.74, 6) is 3.46. The van der Waals surface area contributed by atoms with Crippen molar-refractivity contribution in [3.05, 3.63) is 47.5 Å². The first-order chi connectivity index (χ1) is 21.4. The predicted octanol–water partition coefficient (Wildman–Crippen LogP) is 5.63. The molecule has 4 heterocycles. The van der Waals surface area contributed by atoms with E-state index in [4.69, 9.17) is 21.2 Å². The third-order valence-electron chi connectivity index (χ3n) is 11.3. The van der Waals surface area contributed by atoms with Crippen molar-refractivity contribution < 1.29 is 9.53 Å². The number of piperidine rings is 2. The summed E-state index contributed by atoms with van der Waals surface area (Å²) in [6.07, 6.45) is 11.4. The number of ether oxygens (including phenoxy) is 1. The van der Waals surface area contributed by atoms with Gasteiger partial charge in [0.1, 0.15) is 11.3 Å². The van der Waals surface area contributed by atoms with Crippen LogP contribution in [0.1, 0.15) is 73.7 Å². The van der Waals surface area contributed by atoms with Gasteiger partial charge in [-0.05, 0) is 106 Å². The highest BCUT2D eigenvalue weighted by molar-refractivity contribution is 6.00. The summed E-state index contributed by atoms with van der Waals surface area (Å²) in [6.45, 7) is 1.75. The number of methoxy groups -OCH3 is 1. The lowest BCUT2D eigenvalue weighted by atomic mass is 9.76. The minimum Gasteiger partial charge on any atom is -0.494 e. The fourth-order valence-electron chi connectivity index (χ4n) is 8.59. The lowest BCUT2D eigenvalue weighted by Crippen LogP contribution is -2.58. The van der Waals surface area contributed by atoms with E-state index in [0.29, 0.717) is 35.1 Å². The van der Waals surface area contributed by atoms with E-state index in [1.165, 1.54) is 42.1 Å². The SMILES string of the molecule is COc1cc(C(=O)N2C[C@H]3CC[C@@H]2C[C@@H]3N)cc2nc(-c3cc4cccc(CC5CCC(N)CC5)c4n3CC3CC3)n(C)c12. The molecule has 4 aromatic rings. The second-order valence-electron chi connectivity index (χ2n) is 14.3. The highest BCUT2D eigenvalue weighted by atomic mass is 16.5. The average molecular weight is 595 g/mol. The molecule has 2 bridgehead atoms. The van der Waals surface area contributed by atoms with Crippen LogP contribution in [-0.2, 0) is 20.0 Å². The largest absolute Gasteiger partial charge is 0.494 e. The van der Waals surface area contributed by atoms with E-state index < -0.39 is 0 Å². The van der Waals surface area contributed by atoms with Gasteiger partial charge < -0.3 is 30.2 Å². The van der Waals surface area contributed by atoms with Crippen LogP contribution in [0.3, 0.4) is 0 Å². The van der Waals surface area contributed by atoms with E-state index >= 15 is 0 Å². The molecular weight excluding hydrogens is 548 g/mol. The Labute approximate surface area is 259 Å². The molecule has 2 aromatic carbocycles. The maximum atomic E-state index is 13.9. The Hall–Kier alpha value is -3.36. The van der Waals surface area contributed by atoms with Crippen molar-refractivity contribution in [3.8, 4) is 17.3 Å². The maximum Gasteiger partial charge on any atom is 0.254 e. The van der Waals surface area contributed by atoms with Crippen LogP contribution >= 0.6 is 0 Å². The van der Waals surface area contributed by atoms with Crippen molar-refractivity contribution in [2.45, 2.75) is 88.9 Å². The monoisotopic (exact) mass is 594 g/mol. The molecular formula is C36H46N6O2. The molecule has 5 aliphatic rings. The van der Waals surface area contributed by atoms with Crippen LogP contribution in [0.15, 0.2) is 36.4 Å². The first kappa shape index (κ1) is 28.1. The van der Waals surface area contributed by atoms with E-state index in [2.05, 4.69) is 45.3 Å². The van der Waals surface area contributed by atoms with Gasteiger partial charge >= 0.3 is 0 Å². The van der Waals surface area contributed by atoms with Gasteiger partial charge in [0.25, 0.3) is 5.91 Å². The fraction of sp³-hybridized carbons (Fsp3) is 0.556. The number of rotatable bonds is 7. The Bertz CT molecular complexity index is 1730. The molecule has 3 aliphatic carbocycles. The van der Waals surface area contributed by atoms with Crippen molar-refractivity contribution in [3.63, 3.8) is 0 Å². The van der Waals surface area contributed by atoms with E-state index in [1.807, 2.05) is 12.1 Å².